The Morgan fingerprint density at radius 2 is 1.56 bits per heavy atom. The highest BCUT2D eigenvalue weighted by atomic mass is 35.5. The lowest BCUT2D eigenvalue weighted by Crippen LogP contribution is -2.32. The van der Waals surface area contributed by atoms with E-state index in [1.165, 1.54) is 6.21 Å². The fraction of sp³-hybridized carbons (Fsp3) is 0.0833. The molecule has 3 aromatic rings. The van der Waals surface area contributed by atoms with E-state index in [0.717, 1.165) is 12.0 Å². The fourth-order valence-electron chi connectivity index (χ4n) is 2.60. The van der Waals surface area contributed by atoms with Crippen LogP contribution in [0.25, 0.3) is 0 Å². The Labute approximate surface area is 190 Å². The molecule has 8 heteroatoms. The molecule has 0 heterocycles. The van der Waals surface area contributed by atoms with Crippen LogP contribution in [0.15, 0.2) is 77.9 Å². The summed E-state index contributed by atoms with van der Waals surface area (Å²) in [5.41, 5.74) is 4.83. The van der Waals surface area contributed by atoms with Gasteiger partial charge in [-0.2, -0.15) is 5.10 Å². The molecule has 0 bridgehead atoms. The van der Waals surface area contributed by atoms with Crippen LogP contribution in [0.5, 0.6) is 5.75 Å². The summed E-state index contributed by atoms with van der Waals surface area (Å²) in [4.78, 5) is 35.9. The lowest BCUT2D eigenvalue weighted by Gasteiger charge is -2.05. The SMILES string of the molecule is CCc1ccc(NC(=O)C(=O)N/N=C/c2ccc(OC(=O)c3ccc(Cl)cc3)cc2)cc1. The molecule has 7 nitrogen and oxygen atoms in total. The number of aryl methyl sites for hydroxylation is 1. The summed E-state index contributed by atoms with van der Waals surface area (Å²) in [5.74, 6) is -1.88. The molecule has 0 saturated heterocycles. The van der Waals surface area contributed by atoms with E-state index in [1.54, 1.807) is 60.7 Å². The summed E-state index contributed by atoms with van der Waals surface area (Å²) in [5, 5.41) is 6.80. The minimum atomic E-state index is -0.894. The maximum atomic E-state index is 12.1. The van der Waals surface area contributed by atoms with Crippen LogP contribution in [-0.4, -0.2) is 24.0 Å². The van der Waals surface area contributed by atoms with Crippen molar-refractivity contribution >= 4 is 41.3 Å². The van der Waals surface area contributed by atoms with Gasteiger partial charge in [0.15, 0.2) is 0 Å². The monoisotopic (exact) mass is 449 g/mol. The molecule has 0 aliphatic carbocycles. The first-order chi connectivity index (χ1) is 15.4. The topological polar surface area (TPSA) is 96.9 Å². The predicted molar refractivity (Wildman–Crippen MR) is 123 cm³/mol. The summed E-state index contributed by atoms with van der Waals surface area (Å²) in [7, 11) is 0. The van der Waals surface area contributed by atoms with Gasteiger partial charge in [-0.05, 0) is 78.2 Å². The van der Waals surface area contributed by atoms with Crippen molar-refractivity contribution in [2.24, 2.45) is 5.10 Å². The lowest BCUT2D eigenvalue weighted by atomic mass is 10.1. The smallest absolute Gasteiger partial charge is 0.343 e. The van der Waals surface area contributed by atoms with Gasteiger partial charge in [-0.15, -0.1) is 0 Å². The number of nitrogens with one attached hydrogen (secondary N) is 2. The van der Waals surface area contributed by atoms with Gasteiger partial charge >= 0.3 is 17.8 Å². The fourth-order valence-corrected chi connectivity index (χ4v) is 2.73. The van der Waals surface area contributed by atoms with E-state index in [1.807, 2.05) is 19.1 Å². The van der Waals surface area contributed by atoms with Gasteiger partial charge in [0.2, 0.25) is 0 Å². The number of carbonyl (C=O) groups excluding carboxylic acids is 3. The summed E-state index contributed by atoms with van der Waals surface area (Å²) < 4.78 is 5.29. The van der Waals surface area contributed by atoms with Crippen molar-refractivity contribution in [3.05, 3.63) is 94.5 Å². The molecule has 0 aromatic heterocycles. The van der Waals surface area contributed by atoms with Gasteiger partial charge in [0.05, 0.1) is 11.8 Å². The number of hydrazone groups is 1. The lowest BCUT2D eigenvalue weighted by molar-refractivity contribution is -0.136. The molecule has 0 spiro atoms. The number of amides is 2. The Morgan fingerprint density at radius 1 is 0.906 bits per heavy atom. The van der Waals surface area contributed by atoms with Crippen molar-refractivity contribution in [1.82, 2.24) is 5.43 Å². The van der Waals surface area contributed by atoms with E-state index in [0.29, 0.717) is 27.6 Å². The zero-order chi connectivity index (χ0) is 22.9. The normalized spacial score (nSPS) is 10.6. The first-order valence-electron chi connectivity index (χ1n) is 9.75. The molecular weight excluding hydrogens is 430 g/mol. The highest BCUT2D eigenvalue weighted by Crippen LogP contribution is 2.15. The summed E-state index contributed by atoms with van der Waals surface area (Å²) in [6.45, 7) is 2.03. The van der Waals surface area contributed by atoms with Crippen LogP contribution in [0.1, 0.15) is 28.4 Å². The van der Waals surface area contributed by atoms with E-state index in [2.05, 4.69) is 15.8 Å². The van der Waals surface area contributed by atoms with Gasteiger partial charge < -0.3 is 10.1 Å². The molecule has 3 aromatic carbocycles. The second kappa shape index (κ2) is 10.9. The van der Waals surface area contributed by atoms with Crippen molar-refractivity contribution in [2.75, 3.05) is 5.32 Å². The number of rotatable bonds is 6. The van der Waals surface area contributed by atoms with E-state index in [4.69, 9.17) is 16.3 Å². The summed E-state index contributed by atoms with van der Waals surface area (Å²) in [6, 6.07) is 20.0. The molecule has 32 heavy (non-hydrogen) atoms. The highest BCUT2D eigenvalue weighted by molar-refractivity contribution is 6.39. The standard InChI is InChI=1S/C24H20ClN3O4/c1-2-16-3-11-20(12-4-16)27-22(29)23(30)28-26-15-17-5-13-21(14-6-17)32-24(31)18-7-9-19(25)10-8-18/h3-15H,2H2,1H3,(H,27,29)(H,28,30)/b26-15+. The van der Waals surface area contributed by atoms with Gasteiger partial charge in [0, 0.05) is 10.7 Å². The molecule has 0 fully saturated rings. The van der Waals surface area contributed by atoms with Gasteiger partial charge in [-0.25, -0.2) is 10.2 Å². The Bertz CT molecular complexity index is 1130. The van der Waals surface area contributed by atoms with Crippen molar-refractivity contribution in [2.45, 2.75) is 13.3 Å². The van der Waals surface area contributed by atoms with Crippen LogP contribution >= 0.6 is 11.6 Å². The van der Waals surface area contributed by atoms with Crippen molar-refractivity contribution in [1.29, 1.82) is 0 Å². The molecule has 3 rings (SSSR count). The number of halogens is 1. The van der Waals surface area contributed by atoms with Crippen LogP contribution in [0.4, 0.5) is 5.69 Å². The number of ether oxygens (including phenoxy) is 1. The molecular formula is C24H20ClN3O4. The first kappa shape index (κ1) is 22.7. The average molecular weight is 450 g/mol. The third-order valence-corrected chi connectivity index (χ3v) is 4.63. The van der Waals surface area contributed by atoms with E-state index < -0.39 is 17.8 Å². The van der Waals surface area contributed by atoms with Crippen LogP contribution in [0.2, 0.25) is 5.02 Å². The minimum Gasteiger partial charge on any atom is -0.423 e. The van der Waals surface area contributed by atoms with E-state index in [9.17, 15) is 14.4 Å². The van der Waals surface area contributed by atoms with Crippen LogP contribution in [-0.2, 0) is 16.0 Å². The van der Waals surface area contributed by atoms with Gasteiger partial charge in [-0.1, -0.05) is 30.7 Å². The number of hydrogen-bond donors (Lipinski definition) is 2. The molecule has 162 valence electrons. The molecule has 0 saturated carbocycles. The van der Waals surface area contributed by atoms with Gasteiger partial charge in [0.25, 0.3) is 0 Å². The molecule has 0 aliphatic rings. The molecule has 0 unspecified atom stereocenters. The highest BCUT2D eigenvalue weighted by Gasteiger charge is 2.13. The first-order valence-corrected chi connectivity index (χ1v) is 10.1. The van der Waals surface area contributed by atoms with Crippen molar-refractivity contribution < 1.29 is 19.1 Å². The largest absolute Gasteiger partial charge is 0.423 e. The van der Waals surface area contributed by atoms with Crippen LogP contribution in [0, 0.1) is 0 Å². The van der Waals surface area contributed by atoms with Crippen molar-refractivity contribution in [3.8, 4) is 5.75 Å². The molecule has 2 N–H and O–H groups in total. The van der Waals surface area contributed by atoms with Crippen LogP contribution in [0.3, 0.4) is 0 Å². The molecule has 0 atom stereocenters. The molecule has 0 radical (unpaired) electrons. The Hall–Kier alpha value is -3.97. The zero-order valence-corrected chi connectivity index (χ0v) is 17.9. The van der Waals surface area contributed by atoms with Crippen LogP contribution < -0.4 is 15.5 Å². The van der Waals surface area contributed by atoms with Gasteiger partial charge in [-0.3, -0.25) is 9.59 Å². The molecule has 2 amide bonds. The van der Waals surface area contributed by atoms with Crippen molar-refractivity contribution in [3.63, 3.8) is 0 Å². The number of esters is 1. The third kappa shape index (κ3) is 6.52. The third-order valence-electron chi connectivity index (χ3n) is 4.38. The minimum absolute atomic E-state index is 0.347. The van der Waals surface area contributed by atoms with E-state index in [-0.39, 0.29) is 0 Å². The second-order valence-corrected chi connectivity index (χ2v) is 7.11. The Kier molecular flexibility index (Phi) is 7.72. The second-order valence-electron chi connectivity index (χ2n) is 6.67. The summed E-state index contributed by atoms with van der Waals surface area (Å²) in [6.07, 6.45) is 2.25. The predicted octanol–water partition coefficient (Wildman–Crippen LogP) is 4.21. The zero-order valence-electron chi connectivity index (χ0n) is 17.2. The number of benzene rings is 3. The summed E-state index contributed by atoms with van der Waals surface area (Å²) >= 11 is 5.81. The van der Waals surface area contributed by atoms with Gasteiger partial charge in [0.1, 0.15) is 5.75 Å². The maximum Gasteiger partial charge on any atom is 0.343 e. The Morgan fingerprint density at radius 3 is 2.19 bits per heavy atom. The maximum absolute atomic E-state index is 12.1. The number of nitrogens with zero attached hydrogens (tertiary/aromatic N) is 1. The van der Waals surface area contributed by atoms with E-state index >= 15 is 0 Å². The number of anilines is 1. The quantitative estimate of drug-likeness (QED) is 0.194. The average Bonchev–Trinajstić information content (AvgIpc) is 2.81. The molecule has 0 aliphatic heterocycles. The number of carbonyl (C=O) groups is 3. The number of hydrogen-bond acceptors (Lipinski definition) is 5. The Balaban J connectivity index is 1.49.